The van der Waals surface area contributed by atoms with Gasteiger partial charge in [-0.05, 0) is 78.4 Å². The van der Waals surface area contributed by atoms with Crippen LogP contribution < -0.4 is 20.7 Å². The molecule has 4 aromatic rings. The van der Waals surface area contributed by atoms with E-state index in [1.54, 1.807) is 104 Å². The van der Waals surface area contributed by atoms with Crippen LogP contribution in [-0.2, 0) is 9.59 Å². The number of hydrogen-bond donors (Lipinski definition) is 3. The summed E-state index contributed by atoms with van der Waals surface area (Å²) in [5.41, 5.74) is 2.36. The number of carbonyl (C=O) groups is 3. The highest BCUT2D eigenvalue weighted by Gasteiger charge is 2.15. The van der Waals surface area contributed by atoms with E-state index in [9.17, 15) is 14.4 Å². The normalized spacial score (nSPS) is 10.9. The molecular weight excluding hydrogens is 546 g/mol. The topological polar surface area (TPSA) is 96.5 Å². The molecule has 40 heavy (non-hydrogen) atoms. The van der Waals surface area contributed by atoms with Crippen LogP contribution in [0.5, 0.6) is 5.75 Å². The predicted molar refractivity (Wildman–Crippen MR) is 161 cm³/mol. The third kappa shape index (κ3) is 8.49. The first-order chi connectivity index (χ1) is 19.4. The van der Waals surface area contributed by atoms with Crippen molar-refractivity contribution in [3.05, 3.63) is 125 Å². The average molecular weight is 572 g/mol. The van der Waals surface area contributed by atoms with Gasteiger partial charge in [-0.15, -0.1) is 11.8 Å². The van der Waals surface area contributed by atoms with E-state index < -0.39 is 11.8 Å². The molecule has 4 rings (SSSR count). The van der Waals surface area contributed by atoms with Crippen molar-refractivity contribution in [3.63, 3.8) is 0 Å². The molecule has 0 unspecified atom stereocenters. The molecule has 0 spiro atoms. The van der Waals surface area contributed by atoms with Gasteiger partial charge in [0, 0.05) is 26.9 Å². The van der Waals surface area contributed by atoms with Gasteiger partial charge in [-0.2, -0.15) is 0 Å². The Labute approximate surface area is 241 Å². The summed E-state index contributed by atoms with van der Waals surface area (Å²) in [5, 5.41) is 8.95. The lowest BCUT2D eigenvalue weighted by molar-refractivity contribution is -0.114. The number of thioether (sulfide) groups is 1. The Morgan fingerprint density at radius 2 is 1.55 bits per heavy atom. The second kappa shape index (κ2) is 14.0. The van der Waals surface area contributed by atoms with Crippen molar-refractivity contribution in [1.82, 2.24) is 5.32 Å². The molecule has 0 aliphatic heterocycles. The van der Waals surface area contributed by atoms with Crippen molar-refractivity contribution in [2.75, 3.05) is 23.5 Å². The van der Waals surface area contributed by atoms with Gasteiger partial charge >= 0.3 is 0 Å². The first-order valence-electron chi connectivity index (χ1n) is 12.2. The molecule has 0 fully saturated rings. The summed E-state index contributed by atoms with van der Waals surface area (Å²) in [6.45, 7) is 0. The van der Waals surface area contributed by atoms with Crippen molar-refractivity contribution in [2.45, 2.75) is 4.90 Å². The standard InChI is InChI=1S/C31H26ClN3O4S/c1-39-26-16-14-24(15-17-26)33-29(36)20-40-27-9-5-8-25(19-27)34-31(38)28(18-21-10-12-23(32)13-11-21)35-30(37)22-6-3-2-4-7-22/h2-19H,20H2,1H3,(H,33,36)(H,34,38)(H,35,37)/b28-18-. The number of hydrogen-bond acceptors (Lipinski definition) is 5. The fraction of sp³-hybridized carbons (Fsp3) is 0.0645. The highest BCUT2D eigenvalue weighted by Crippen LogP contribution is 2.23. The summed E-state index contributed by atoms with van der Waals surface area (Å²) in [6, 6.07) is 29.7. The van der Waals surface area contributed by atoms with Crippen molar-refractivity contribution < 1.29 is 19.1 Å². The molecule has 0 aromatic heterocycles. The van der Waals surface area contributed by atoms with Crippen LogP contribution in [0.1, 0.15) is 15.9 Å². The number of carbonyl (C=O) groups excluding carboxylic acids is 3. The summed E-state index contributed by atoms with van der Waals surface area (Å²) in [4.78, 5) is 39.3. The fourth-order valence-electron chi connectivity index (χ4n) is 3.55. The van der Waals surface area contributed by atoms with Crippen molar-refractivity contribution in [1.29, 1.82) is 0 Å². The quantitative estimate of drug-likeness (QED) is 0.149. The minimum absolute atomic E-state index is 0.0631. The molecule has 0 radical (unpaired) electrons. The molecule has 202 valence electrons. The van der Waals surface area contributed by atoms with Gasteiger partial charge in [-0.1, -0.05) is 48.0 Å². The molecule has 0 aliphatic rings. The van der Waals surface area contributed by atoms with E-state index in [4.69, 9.17) is 16.3 Å². The maximum atomic E-state index is 13.3. The van der Waals surface area contributed by atoms with Crippen LogP contribution in [0.15, 0.2) is 114 Å². The summed E-state index contributed by atoms with van der Waals surface area (Å²) in [5.74, 6) is -0.196. The molecule has 3 N–H and O–H groups in total. The van der Waals surface area contributed by atoms with E-state index in [1.165, 1.54) is 11.8 Å². The monoisotopic (exact) mass is 571 g/mol. The van der Waals surface area contributed by atoms with Crippen LogP contribution in [0, 0.1) is 0 Å². The number of ether oxygens (including phenoxy) is 1. The predicted octanol–water partition coefficient (Wildman–Crippen LogP) is 6.49. The molecule has 0 atom stereocenters. The van der Waals surface area contributed by atoms with E-state index in [1.807, 2.05) is 12.1 Å². The average Bonchev–Trinajstić information content (AvgIpc) is 2.98. The maximum Gasteiger partial charge on any atom is 0.272 e. The number of nitrogens with one attached hydrogen (secondary N) is 3. The number of amides is 3. The van der Waals surface area contributed by atoms with Crippen molar-refractivity contribution in [3.8, 4) is 5.75 Å². The number of methoxy groups -OCH3 is 1. The Hall–Kier alpha value is -4.53. The molecule has 0 bridgehead atoms. The summed E-state index contributed by atoms with van der Waals surface area (Å²) >= 11 is 7.32. The SMILES string of the molecule is COc1ccc(NC(=O)CSc2cccc(NC(=O)/C(=C/c3ccc(Cl)cc3)NC(=O)c3ccccc3)c2)cc1. The van der Waals surface area contributed by atoms with Gasteiger partial charge in [0.25, 0.3) is 11.8 Å². The Balaban J connectivity index is 1.43. The van der Waals surface area contributed by atoms with Crippen LogP contribution in [0.25, 0.3) is 6.08 Å². The van der Waals surface area contributed by atoms with Crippen LogP contribution in [0.3, 0.4) is 0 Å². The van der Waals surface area contributed by atoms with Gasteiger partial charge in [-0.25, -0.2) is 0 Å². The van der Waals surface area contributed by atoms with Gasteiger partial charge in [0.1, 0.15) is 11.4 Å². The Bertz CT molecular complexity index is 1510. The maximum absolute atomic E-state index is 13.3. The molecule has 3 amide bonds. The summed E-state index contributed by atoms with van der Waals surface area (Å²) in [7, 11) is 1.58. The molecular formula is C31H26ClN3O4S. The number of anilines is 2. The zero-order valence-electron chi connectivity index (χ0n) is 21.5. The minimum atomic E-state index is -0.501. The molecule has 4 aromatic carbocycles. The Morgan fingerprint density at radius 1 is 0.825 bits per heavy atom. The van der Waals surface area contributed by atoms with E-state index in [0.717, 1.165) is 4.90 Å². The van der Waals surface area contributed by atoms with E-state index in [-0.39, 0.29) is 17.4 Å². The minimum Gasteiger partial charge on any atom is -0.497 e. The number of rotatable bonds is 10. The van der Waals surface area contributed by atoms with Gasteiger partial charge in [0.05, 0.1) is 12.9 Å². The van der Waals surface area contributed by atoms with Crippen LogP contribution in [0.2, 0.25) is 5.02 Å². The zero-order chi connectivity index (χ0) is 28.3. The largest absolute Gasteiger partial charge is 0.497 e. The third-order valence-corrected chi connectivity index (χ3v) is 6.79. The van der Waals surface area contributed by atoms with E-state index in [2.05, 4.69) is 16.0 Å². The highest BCUT2D eigenvalue weighted by molar-refractivity contribution is 8.00. The second-order valence-electron chi connectivity index (χ2n) is 8.48. The summed E-state index contributed by atoms with van der Waals surface area (Å²) < 4.78 is 5.13. The third-order valence-electron chi connectivity index (χ3n) is 5.55. The lowest BCUT2D eigenvalue weighted by Gasteiger charge is -2.12. The number of halogens is 1. The van der Waals surface area contributed by atoms with Crippen LogP contribution in [0.4, 0.5) is 11.4 Å². The molecule has 0 saturated carbocycles. The van der Waals surface area contributed by atoms with Gasteiger partial charge in [0.15, 0.2) is 0 Å². The Kier molecular flexibility index (Phi) is 9.99. The second-order valence-corrected chi connectivity index (χ2v) is 9.96. The van der Waals surface area contributed by atoms with Gasteiger partial charge in [-0.3, -0.25) is 14.4 Å². The lowest BCUT2D eigenvalue weighted by atomic mass is 10.1. The fourth-order valence-corrected chi connectivity index (χ4v) is 4.43. The van der Waals surface area contributed by atoms with E-state index >= 15 is 0 Å². The zero-order valence-corrected chi connectivity index (χ0v) is 23.1. The first kappa shape index (κ1) is 28.5. The number of benzene rings is 4. The van der Waals surface area contributed by atoms with Crippen LogP contribution in [-0.4, -0.2) is 30.6 Å². The molecule has 9 heteroatoms. The van der Waals surface area contributed by atoms with E-state index in [0.29, 0.717) is 33.3 Å². The van der Waals surface area contributed by atoms with Crippen molar-refractivity contribution >= 4 is 58.5 Å². The first-order valence-corrected chi connectivity index (χ1v) is 13.6. The lowest BCUT2D eigenvalue weighted by Crippen LogP contribution is -2.30. The molecule has 0 saturated heterocycles. The molecule has 7 nitrogen and oxygen atoms in total. The highest BCUT2D eigenvalue weighted by atomic mass is 35.5. The van der Waals surface area contributed by atoms with Crippen molar-refractivity contribution in [2.24, 2.45) is 0 Å². The summed E-state index contributed by atoms with van der Waals surface area (Å²) in [6.07, 6.45) is 1.58. The Morgan fingerprint density at radius 3 is 2.25 bits per heavy atom. The smallest absolute Gasteiger partial charge is 0.272 e. The van der Waals surface area contributed by atoms with Crippen LogP contribution >= 0.6 is 23.4 Å². The van der Waals surface area contributed by atoms with Gasteiger partial charge in [0.2, 0.25) is 5.91 Å². The van der Waals surface area contributed by atoms with Gasteiger partial charge < -0.3 is 20.7 Å². The molecule has 0 aliphatic carbocycles. The molecule has 0 heterocycles.